The van der Waals surface area contributed by atoms with E-state index in [1.54, 1.807) is 0 Å². The lowest BCUT2D eigenvalue weighted by Crippen LogP contribution is -2.24. The number of rotatable bonds is 7. The number of anilines is 1. The van der Waals surface area contributed by atoms with Crippen LogP contribution in [0.4, 0.5) is 5.13 Å². The smallest absolute Gasteiger partial charge is 0.269 e. The van der Waals surface area contributed by atoms with Crippen LogP contribution in [0.2, 0.25) is 10.0 Å². The number of sulfonamides is 1. The van der Waals surface area contributed by atoms with Crippen molar-refractivity contribution in [1.29, 1.82) is 0 Å². The first kappa shape index (κ1) is 19.1. The van der Waals surface area contributed by atoms with Gasteiger partial charge < -0.3 is 0 Å². The Morgan fingerprint density at radius 2 is 2.04 bits per heavy atom. The molecule has 7 nitrogen and oxygen atoms in total. The quantitative estimate of drug-likeness (QED) is 0.540. The van der Waals surface area contributed by atoms with Gasteiger partial charge in [0.1, 0.15) is 0 Å². The summed E-state index contributed by atoms with van der Waals surface area (Å²) >= 11 is 12.5. The molecule has 1 aromatic heterocycles. The Hall–Kier alpha value is -1.26. The highest BCUT2D eigenvalue weighted by Gasteiger charge is 2.21. The van der Waals surface area contributed by atoms with Crippen molar-refractivity contribution < 1.29 is 13.2 Å². The van der Waals surface area contributed by atoms with Gasteiger partial charge in [0.25, 0.3) is 15.9 Å². The maximum atomic E-state index is 12.2. The van der Waals surface area contributed by atoms with E-state index in [1.165, 1.54) is 18.2 Å². The van der Waals surface area contributed by atoms with Crippen LogP contribution in [0.1, 0.15) is 30.1 Å². The van der Waals surface area contributed by atoms with Crippen molar-refractivity contribution in [3.8, 4) is 0 Å². The van der Waals surface area contributed by atoms with E-state index in [9.17, 15) is 13.2 Å². The van der Waals surface area contributed by atoms with Gasteiger partial charge in [-0.05, 0) is 24.6 Å². The molecule has 0 fully saturated rings. The highest BCUT2D eigenvalue weighted by Crippen LogP contribution is 2.24. The minimum atomic E-state index is -3.73. The molecule has 0 unspecified atom stereocenters. The fourth-order valence-corrected chi connectivity index (χ4v) is 4.16. The van der Waals surface area contributed by atoms with Gasteiger partial charge >= 0.3 is 0 Å². The van der Waals surface area contributed by atoms with Crippen LogP contribution < -0.4 is 10.0 Å². The number of hydrogen-bond acceptors (Lipinski definition) is 6. The third-order valence-electron chi connectivity index (χ3n) is 2.85. The van der Waals surface area contributed by atoms with Crippen molar-refractivity contribution in [2.45, 2.75) is 24.1 Å². The Morgan fingerprint density at radius 1 is 1.29 bits per heavy atom. The molecule has 2 N–H and O–H groups in total. The van der Waals surface area contributed by atoms with Crippen molar-refractivity contribution in [2.75, 3.05) is 11.9 Å². The molecule has 11 heteroatoms. The minimum Gasteiger partial charge on any atom is -0.296 e. The van der Waals surface area contributed by atoms with Gasteiger partial charge in [-0.3, -0.25) is 10.1 Å². The molecular weight excluding hydrogens is 395 g/mol. The fourth-order valence-electron chi connectivity index (χ4n) is 1.65. The highest BCUT2D eigenvalue weighted by atomic mass is 35.5. The summed E-state index contributed by atoms with van der Waals surface area (Å²) in [6.45, 7) is 2.27. The molecule has 0 aliphatic heterocycles. The molecule has 0 atom stereocenters. The first-order valence-electron chi connectivity index (χ1n) is 6.93. The van der Waals surface area contributed by atoms with Crippen molar-refractivity contribution in [3.05, 3.63) is 33.8 Å². The van der Waals surface area contributed by atoms with Gasteiger partial charge in [-0.25, -0.2) is 13.1 Å². The van der Waals surface area contributed by atoms with Gasteiger partial charge in [-0.2, -0.15) is 0 Å². The van der Waals surface area contributed by atoms with Crippen LogP contribution in [0.5, 0.6) is 0 Å². The highest BCUT2D eigenvalue weighted by molar-refractivity contribution is 7.91. The van der Waals surface area contributed by atoms with Gasteiger partial charge in [0.2, 0.25) is 9.47 Å². The molecule has 0 bridgehead atoms. The molecule has 0 saturated heterocycles. The van der Waals surface area contributed by atoms with Crippen LogP contribution in [0, 0.1) is 0 Å². The summed E-state index contributed by atoms with van der Waals surface area (Å²) in [5.74, 6) is -0.532. The topological polar surface area (TPSA) is 101 Å². The second-order valence-corrected chi connectivity index (χ2v) is 8.46. The molecular formula is C13H14Cl2N4O3S2. The van der Waals surface area contributed by atoms with Crippen molar-refractivity contribution in [2.24, 2.45) is 0 Å². The number of carbonyl (C=O) groups is 1. The van der Waals surface area contributed by atoms with Crippen molar-refractivity contribution >= 4 is 55.6 Å². The fraction of sp³-hybridized carbons (Fsp3) is 0.308. The molecule has 130 valence electrons. The Labute approximate surface area is 153 Å². The van der Waals surface area contributed by atoms with E-state index in [0.29, 0.717) is 11.6 Å². The van der Waals surface area contributed by atoms with Crippen LogP contribution in [0.15, 0.2) is 22.5 Å². The van der Waals surface area contributed by atoms with Gasteiger partial charge in [-0.1, -0.05) is 47.9 Å². The van der Waals surface area contributed by atoms with Crippen molar-refractivity contribution in [1.82, 2.24) is 14.9 Å². The van der Waals surface area contributed by atoms with E-state index in [1.807, 2.05) is 6.92 Å². The maximum absolute atomic E-state index is 12.2. The minimum absolute atomic E-state index is 0.0573. The molecule has 0 aliphatic rings. The van der Waals surface area contributed by atoms with E-state index < -0.39 is 15.9 Å². The van der Waals surface area contributed by atoms with E-state index in [2.05, 4.69) is 20.2 Å². The third kappa shape index (κ3) is 4.87. The standard InChI is InChI=1S/C13H14Cl2N4O3S2/c1-2-3-6-16-24(21,22)13-19-18-12(23-13)17-11(20)9-5-4-8(14)7-10(9)15/h4-5,7,16H,2-3,6H2,1H3,(H,17,18,20). The number of carbonyl (C=O) groups excluding carboxylic acids is 1. The Morgan fingerprint density at radius 3 is 2.71 bits per heavy atom. The third-order valence-corrected chi connectivity index (χ3v) is 6.07. The molecule has 1 aromatic carbocycles. The monoisotopic (exact) mass is 408 g/mol. The summed E-state index contributed by atoms with van der Waals surface area (Å²) in [6, 6.07) is 4.42. The SMILES string of the molecule is CCCCNS(=O)(=O)c1nnc(NC(=O)c2ccc(Cl)cc2Cl)s1. The lowest BCUT2D eigenvalue weighted by molar-refractivity contribution is 0.102. The zero-order valence-electron chi connectivity index (χ0n) is 12.5. The number of amides is 1. The largest absolute Gasteiger partial charge is 0.296 e. The second kappa shape index (κ2) is 8.21. The summed E-state index contributed by atoms with van der Waals surface area (Å²) in [4.78, 5) is 12.2. The summed E-state index contributed by atoms with van der Waals surface area (Å²) in [7, 11) is -3.73. The molecule has 1 heterocycles. The van der Waals surface area contributed by atoms with Crippen LogP contribution in [-0.4, -0.2) is 31.1 Å². The molecule has 0 saturated carbocycles. The predicted octanol–water partition coefficient (Wildman–Crippen LogP) is 3.18. The lowest BCUT2D eigenvalue weighted by atomic mass is 10.2. The average molecular weight is 409 g/mol. The first-order chi connectivity index (χ1) is 11.3. The maximum Gasteiger partial charge on any atom is 0.269 e. The van der Waals surface area contributed by atoms with E-state index in [4.69, 9.17) is 23.2 Å². The number of benzene rings is 1. The summed E-state index contributed by atoms with van der Waals surface area (Å²) in [5.41, 5.74) is 0.196. The molecule has 0 radical (unpaired) electrons. The van der Waals surface area contributed by atoms with Crippen LogP contribution >= 0.6 is 34.5 Å². The summed E-state index contributed by atoms with van der Waals surface area (Å²) in [5, 5.41) is 10.4. The molecule has 1 amide bonds. The molecule has 0 spiro atoms. The number of nitrogens with one attached hydrogen (secondary N) is 2. The van der Waals surface area contributed by atoms with Gasteiger partial charge in [0.15, 0.2) is 0 Å². The predicted molar refractivity (Wildman–Crippen MR) is 94.4 cm³/mol. The number of aromatic nitrogens is 2. The zero-order valence-corrected chi connectivity index (χ0v) is 15.7. The number of halogens is 2. The van der Waals surface area contributed by atoms with E-state index in [0.717, 1.165) is 24.2 Å². The van der Waals surface area contributed by atoms with Crippen molar-refractivity contribution in [3.63, 3.8) is 0 Å². The average Bonchev–Trinajstić information content (AvgIpc) is 2.96. The van der Waals surface area contributed by atoms with E-state index >= 15 is 0 Å². The van der Waals surface area contributed by atoms with Gasteiger partial charge in [0.05, 0.1) is 10.6 Å². The molecule has 0 aliphatic carbocycles. The van der Waals surface area contributed by atoms with Gasteiger partial charge in [0, 0.05) is 11.6 Å². The van der Waals surface area contributed by atoms with Crippen LogP contribution in [0.25, 0.3) is 0 Å². The molecule has 2 rings (SSSR count). The first-order valence-corrected chi connectivity index (χ1v) is 9.98. The van der Waals surface area contributed by atoms with Crippen LogP contribution in [-0.2, 0) is 10.0 Å². The molecule has 24 heavy (non-hydrogen) atoms. The summed E-state index contributed by atoms with van der Waals surface area (Å²) in [6.07, 6.45) is 1.58. The normalized spacial score (nSPS) is 11.5. The Bertz CT molecular complexity index is 839. The number of unbranched alkanes of at least 4 members (excludes halogenated alkanes) is 1. The Kier molecular flexibility index (Phi) is 6.53. The zero-order chi connectivity index (χ0) is 17.7. The second-order valence-electron chi connectivity index (χ2n) is 4.70. The van der Waals surface area contributed by atoms with E-state index in [-0.39, 0.29) is 20.1 Å². The van der Waals surface area contributed by atoms with Crippen LogP contribution in [0.3, 0.4) is 0 Å². The number of hydrogen-bond donors (Lipinski definition) is 2. The summed E-state index contributed by atoms with van der Waals surface area (Å²) < 4.78 is 26.2. The number of nitrogens with zero attached hydrogens (tertiary/aromatic N) is 2. The van der Waals surface area contributed by atoms with Gasteiger partial charge in [-0.15, -0.1) is 10.2 Å². The Balaban J connectivity index is 2.09. The molecule has 2 aromatic rings. The lowest BCUT2D eigenvalue weighted by Gasteiger charge is -2.04.